The van der Waals surface area contributed by atoms with Gasteiger partial charge in [0.1, 0.15) is 5.54 Å². The molecule has 116 valence electrons. The minimum Gasteiger partial charge on any atom is -0.376 e. The molecule has 2 atom stereocenters. The van der Waals surface area contributed by atoms with Crippen molar-refractivity contribution in [3.8, 4) is 0 Å². The van der Waals surface area contributed by atoms with Crippen LogP contribution in [0.5, 0.6) is 0 Å². The van der Waals surface area contributed by atoms with Crippen LogP contribution < -0.4 is 5.73 Å². The lowest BCUT2D eigenvalue weighted by Crippen LogP contribution is -2.51. The number of amides is 1. The summed E-state index contributed by atoms with van der Waals surface area (Å²) in [5.41, 5.74) is 6.08. The minimum absolute atomic E-state index is 0.0843. The van der Waals surface area contributed by atoms with E-state index in [0.29, 0.717) is 6.54 Å². The van der Waals surface area contributed by atoms with Crippen LogP contribution in [0.15, 0.2) is 28.7 Å². The molecule has 2 N–H and O–H groups in total. The molecule has 1 aromatic rings. The lowest BCUT2D eigenvalue weighted by Gasteiger charge is -2.33. The first-order valence-corrected chi connectivity index (χ1v) is 8.12. The molecule has 0 aliphatic carbocycles. The highest BCUT2D eigenvalue weighted by Gasteiger charge is 2.34. The Balaban J connectivity index is 2.04. The first kappa shape index (κ1) is 16.5. The summed E-state index contributed by atoms with van der Waals surface area (Å²) < 4.78 is 6.66. The Kier molecular flexibility index (Phi) is 5.41. The second-order valence-electron chi connectivity index (χ2n) is 5.88. The number of carbonyl (C=O) groups is 1. The Hall–Kier alpha value is -0.910. The van der Waals surface area contributed by atoms with Gasteiger partial charge in [-0.2, -0.15) is 0 Å². The van der Waals surface area contributed by atoms with Crippen molar-refractivity contribution in [2.45, 2.75) is 37.8 Å². The molecule has 1 amide bonds. The highest BCUT2D eigenvalue weighted by Crippen LogP contribution is 2.23. The molecular weight excluding hydrogens is 332 g/mol. The lowest BCUT2D eigenvalue weighted by atomic mass is 9.91. The van der Waals surface area contributed by atoms with Crippen molar-refractivity contribution in [3.63, 3.8) is 0 Å². The van der Waals surface area contributed by atoms with Crippen LogP contribution in [0.1, 0.15) is 31.7 Å². The van der Waals surface area contributed by atoms with Crippen molar-refractivity contribution in [3.05, 3.63) is 34.3 Å². The van der Waals surface area contributed by atoms with Gasteiger partial charge in [0.15, 0.2) is 0 Å². The molecule has 0 bridgehead atoms. The third-order valence-electron chi connectivity index (χ3n) is 3.99. The van der Waals surface area contributed by atoms with Crippen LogP contribution in [0.3, 0.4) is 0 Å². The predicted molar refractivity (Wildman–Crippen MR) is 86.9 cm³/mol. The monoisotopic (exact) mass is 354 g/mol. The Morgan fingerprint density at radius 1 is 1.43 bits per heavy atom. The standard InChI is InChI=1S/C16H23BrN2O2/c1-16(18,12-6-8-13(17)9-7-12)15(20)19(2)11-14-5-3-4-10-21-14/h6-9,14H,3-5,10-11,18H2,1-2H3. The fourth-order valence-corrected chi connectivity index (χ4v) is 2.92. The number of halogens is 1. The van der Waals surface area contributed by atoms with Crippen LogP contribution in [-0.4, -0.2) is 37.1 Å². The smallest absolute Gasteiger partial charge is 0.246 e. The largest absolute Gasteiger partial charge is 0.376 e. The van der Waals surface area contributed by atoms with Gasteiger partial charge >= 0.3 is 0 Å². The van der Waals surface area contributed by atoms with Crippen LogP contribution >= 0.6 is 15.9 Å². The molecule has 0 saturated carbocycles. The first-order valence-electron chi connectivity index (χ1n) is 7.33. The molecule has 5 heteroatoms. The van der Waals surface area contributed by atoms with E-state index in [-0.39, 0.29) is 12.0 Å². The van der Waals surface area contributed by atoms with Crippen LogP contribution in [0, 0.1) is 0 Å². The molecule has 1 aliphatic heterocycles. The first-order chi connectivity index (χ1) is 9.91. The van der Waals surface area contributed by atoms with Gasteiger partial charge in [0.25, 0.3) is 0 Å². The second-order valence-corrected chi connectivity index (χ2v) is 6.80. The van der Waals surface area contributed by atoms with Crippen molar-refractivity contribution < 1.29 is 9.53 Å². The Morgan fingerprint density at radius 2 is 2.10 bits per heavy atom. The maximum Gasteiger partial charge on any atom is 0.246 e. The van der Waals surface area contributed by atoms with E-state index in [1.165, 1.54) is 6.42 Å². The number of hydrogen-bond donors (Lipinski definition) is 1. The highest BCUT2D eigenvalue weighted by molar-refractivity contribution is 9.10. The molecular formula is C16H23BrN2O2. The fourth-order valence-electron chi connectivity index (χ4n) is 2.66. The van der Waals surface area contributed by atoms with Crippen LogP contribution in [0.4, 0.5) is 0 Å². The van der Waals surface area contributed by atoms with E-state index in [2.05, 4.69) is 15.9 Å². The quantitative estimate of drug-likeness (QED) is 0.904. The molecule has 2 unspecified atom stereocenters. The maximum absolute atomic E-state index is 12.7. The number of rotatable bonds is 4. The van der Waals surface area contributed by atoms with Gasteiger partial charge in [0.05, 0.1) is 6.10 Å². The van der Waals surface area contributed by atoms with Gasteiger partial charge in [0, 0.05) is 24.7 Å². The van der Waals surface area contributed by atoms with E-state index in [1.807, 2.05) is 24.3 Å². The van der Waals surface area contributed by atoms with Gasteiger partial charge in [0.2, 0.25) is 5.91 Å². The van der Waals surface area contributed by atoms with Gasteiger partial charge < -0.3 is 15.4 Å². The summed E-state index contributed by atoms with van der Waals surface area (Å²) in [6.07, 6.45) is 3.42. The molecule has 1 fully saturated rings. The summed E-state index contributed by atoms with van der Waals surface area (Å²) in [4.78, 5) is 14.3. The summed E-state index contributed by atoms with van der Waals surface area (Å²) in [5, 5.41) is 0. The molecule has 21 heavy (non-hydrogen) atoms. The average molecular weight is 355 g/mol. The number of nitrogens with zero attached hydrogens (tertiary/aromatic N) is 1. The number of ether oxygens (including phenoxy) is 1. The fraction of sp³-hybridized carbons (Fsp3) is 0.562. The molecule has 1 aromatic carbocycles. The minimum atomic E-state index is -1.02. The number of nitrogens with two attached hydrogens (primary N) is 1. The molecule has 0 radical (unpaired) electrons. The van der Waals surface area contributed by atoms with Crippen LogP contribution in [0.25, 0.3) is 0 Å². The van der Waals surface area contributed by atoms with Gasteiger partial charge in [-0.05, 0) is 43.9 Å². The van der Waals surface area contributed by atoms with E-state index in [0.717, 1.165) is 29.5 Å². The normalized spacial score (nSPS) is 21.6. The second kappa shape index (κ2) is 6.90. The van der Waals surface area contributed by atoms with Crippen LogP contribution in [0.2, 0.25) is 0 Å². The maximum atomic E-state index is 12.7. The number of likely N-dealkylation sites (N-methyl/N-ethyl adjacent to an activating group) is 1. The van der Waals surface area contributed by atoms with Crippen molar-refractivity contribution in [2.24, 2.45) is 5.73 Å². The number of carbonyl (C=O) groups excluding carboxylic acids is 1. The van der Waals surface area contributed by atoms with Gasteiger partial charge in [-0.1, -0.05) is 28.1 Å². The Labute approximate surface area is 134 Å². The molecule has 2 rings (SSSR count). The molecule has 0 spiro atoms. The lowest BCUT2D eigenvalue weighted by molar-refractivity contribution is -0.137. The molecule has 1 heterocycles. The number of hydrogen-bond acceptors (Lipinski definition) is 3. The molecule has 4 nitrogen and oxygen atoms in total. The number of benzene rings is 1. The highest BCUT2D eigenvalue weighted by atomic mass is 79.9. The van der Waals surface area contributed by atoms with Crippen LogP contribution in [-0.2, 0) is 15.1 Å². The zero-order valence-corrected chi connectivity index (χ0v) is 14.2. The summed E-state index contributed by atoms with van der Waals surface area (Å²) >= 11 is 3.39. The van der Waals surface area contributed by atoms with Gasteiger partial charge in [-0.15, -0.1) is 0 Å². The molecule has 1 aliphatic rings. The third-order valence-corrected chi connectivity index (χ3v) is 4.52. The van der Waals surface area contributed by atoms with Gasteiger partial charge in [-0.3, -0.25) is 4.79 Å². The third kappa shape index (κ3) is 4.05. The zero-order valence-electron chi connectivity index (χ0n) is 12.6. The van der Waals surface area contributed by atoms with Crippen molar-refractivity contribution >= 4 is 21.8 Å². The SMILES string of the molecule is CN(CC1CCCCO1)C(=O)C(C)(N)c1ccc(Br)cc1. The Morgan fingerprint density at radius 3 is 2.67 bits per heavy atom. The average Bonchev–Trinajstić information content (AvgIpc) is 2.48. The van der Waals surface area contributed by atoms with E-state index in [4.69, 9.17) is 10.5 Å². The summed E-state index contributed by atoms with van der Waals surface area (Å²) in [7, 11) is 1.80. The summed E-state index contributed by atoms with van der Waals surface area (Å²) in [5.74, 6) is -0.0843. The molecule has 1 saturated heterocycles. The zero-order chi connectivity index (χ0) is 15.5. The van der Waals surface area contributed by atoms with E-state index < -0.39 is 5.54 Å². The van der Waals surface area contributed by atoms with Crippen molar-refractivity contribution in [1.82, 2.24) is 4.90 Å². The van der Waals surface area contributed by atoms with Gasteiger partial charge in [-0.25, -0.2) is 0 Å². The van der Waals surface area contributed by atoms with E-state index in [1.54, 1.807) is 18.9 Å². The van der Waals surface area contributed by atoms with Crippen molar-refractivity contribution in [2.75, 3.05) is 20.2 Å². The summed E-state index contributed by atoms with van der Waals surface area (Å²) in [6, 6.07) is 7.57. The Bertz CT molecular complexity index is 482. The van der Waals surface area contributed by atoms with Crippen molar-refractivity contribution in [1.29, 1.82) is 0 Å². The predicted octanol–water partition coefficient (Wildman–Crippen LogP) is 2.65. The van der Waals surface area contributed by atoms with E-state index >= 15 is 0 Å². The topological polar surface area (TPSA) is 55.6 Å². The van der Waals surface area contributed by atoms with E-state index in [9.17, 15) is 4.79 Å². The summed E-state index contributed by atoms with van der Waals surface area (Å²) in [6.45, 7) is 3.15. The molecule has 0 aromatic heterocycles.